The molecule has 0 aliphatic heterocycles. The van der Waals surface area contributed by atoms with E-state index in [0.29, 0.717) is 11.3 Å². The molecular formula is C21H17NO5S. The molecule has 3 aromatic carbocycles. The summed E-state index contributed by atoms with van der Waals surface area (Å²) < 4.78 is 27.1. The molecule has 7 heteroatoms. The number of anilines is 1. The molecule has 0 radical (unpaired) electrons. The first kappa shape index (κ1) is 19.2. The van der Waals surface area contributed by atoms with Crippen molar-refractivity contribution in [2.45, 2.75) is 4.90 Å². The number of carbonyl (C=O) groups excluding carboxylic acids is 1. The highest BCUT2D eigenvalue weighted by atomic mass is 32.2. The Morgan fingerprint density at radius 2 is 1.32 bits per heavy atom. The maximum Gasteiger partial charge on any atom is 0.261 e. The Morgan fingerprint density at radius 3 is 1.89 bits per heavy atom. The number of allylic oxidation sites excluding steroid dienone is 1. The lowest BCUT2D eigenvalue weighted by molar-refractivity contribution is 0.104. The molecule has 142 valence electrons. The zero-order chi connectivity index (χ0) is 20.1. The van der Waals surface area contributed by atoms with Crippen LogP contribution in [0.15, 0.2) is 83.8 Å². The second-order valence-corrected chi connectivity index (χ2v) is 7.65. The van der Waals surface area contributed by atoms with Crippen LogP contribution in [0.4, 0.5) is 5.69 Å². The number of phenolic OH excluding ortho intramolecular Hbond substituents is 2. The van der Waals surface area contributed by atoms with Crippen molar-refractivity contribution < 1.29 is 23.4 Å². The third-order valence-corrected chi connectivity index (χ3v) is 5.29. The highest BCUT2D eigenvalue weighted by Gasteiger charge is 2.14. The van der Waals surface area contributed by atoms with Gasteiger partial charge in [0.1, 0.15) is 11.5 Å². The largest absolute Gasteiger partial charge is 0.508 e. The second kappa shape index (κ2) is 7.98. The maximum atomic E-state index is 12.3. The zero-order valence-electron chi connectivity index (χ0n) is 14.6. The van der Waals surface area contributed by atoms with Crippen molar-refractivity contribution >= 4 is 27.6 Å². The number of ketones is 1. The van der Waals surface area contributed by atoms with Crippen LogP contribution in [-0.2, 0) is 10.0 Å². The summed E-state index contributed by atoms with van der Waals surface area (Å²) in [7, 11) is -3.79. The summed E-state index contributed by atoms with van der Waals surface area (Å²) in [6, 6.07) is 17.6. The van der Waals surface area contributed by atoms with Gasteiger partial charge in [-0.3, -0.25) is 9.52 Å². The summed E-state index contributed by atoms with van der Waals surface area (Å²) in [6.07, 6.45) is 3.03. The van der Waals surface area contributed by atoms with E-state index >= 15 is 0 Å². The van der Waals surface area contributed by atoms with Crippen molar-refractivity contribution in [1.82, 2.24) is 0 Å². The first-order chi connectivity index (χ1) is 13.3. The molecule has 3 rings (SSSR count). The molecule has 0 saturated carbocycles. The average Bonchev–Trinajstić information content (AvgIpc) is 2.68. The van der Waals surface area contributed by atoms with E-state index in [2.05, 4.69) is 4.72 Å². The quantitative estimate of drug-likeness (QED) is 0.435. The van der Waals surface area contributed by atoms with E-state index in [0.717, 1.165) is 5.56 Å². The summed E-state index contributed by atoms with van der Waals surface area (Å²) in [5.74, 6) is -0.114. The van der Waals surface area contributed by atoms with E-state index in [1.54, 1.807) is 18.2 Å². The smallest absolute Gasteiger partial charge is 0.261 e. The van der Waals surface area contributed by atoms with Gasteiger partial charge >= 0.3 is 0 Å². The van der Waals surface area contributed by atoms with Gasteiger partial charge in [-0.2, -0.15) is 0 Å². The number of aromatic hydroxyl groups is 2. The molecule has 0 aliphatic rings. The van der Waals surface area contributed by atoms with Crippen LogP contribution in [0.3, 0.4) is 0 Å². The number of hydrogen-bond acceptors (Lipinski definition) is 5. The van der Waals surface area contributed by atoms with Crippen LogP contribution in [-0.4, -0.2) is 24.4 Å². The Kier molecular flexibility index (Phi) is 5.47. The Bertz CT molecular complexity index is 1100. The van der Waals surface area contributed by atoms with Crippen LogP contribution >= 0.6 is 0 Å². The number of hydrogen-bond donors (Lipinski definition) is 3. The minimum absolute atomic E-state index is 0.0160. The Morgan fingerprint density at radius 1 is 0.786 bits per heavy atom. The summed E-state index contributed by atoms with van der Waals surface area (Å²) >= 11 is 0. The van der Waals surface area contributed by atoms with Gasteiger partial charge in [-0.1, -0.05) is 18.2 Å². The number of benzene rings is 3. The molecule has 0 fully saturated rings. The van der Waals surface area contributed by atoms with Crippen LogP contribution in [0, 0.1) is 0 Å². The molecule has 3 aromatic rings. The van der Waals surface area contributed by atoms with Gasteiger partial charge in [-0.15, -0.1) is 0 Å². The molecule has 0 bridgehead atoms. The van der Waals surface area contributed by atoms with Gasteiger partial charge in [-0.25, -0.2) is 8.42 Å². The Labute approximate surface area is 162 Å². The van der Waals surface area contributed by atoms with E-state index in [-0.39, 0.29) is 22.2 Å². The predicted octanol–water partition coefficient (Wildman–Crippen LogP) is 3.79. The zero-order valence-corrected chi connectivity index (χ0v) is 15.4. The number of phenols is 2. The van der Waals surface area contributed by atoms with E-state index in [1.165, 1.54) is 66.7 Å². The monoisotopic (exact) mass is 395 g/mol. The summed E-state index contributed by atoms with van der Waals surface area (Å²) in [5, 5.41) is 18.5. The highest BCUT2D eigenvalue weighted by molar-refractivity contribution is 7.92. The van der Waals surface area contributed by atoms with Gasteiger partial charge in [0.05, 0.1) is 4.90 Å². The minimum Gasteiger partial charge on any atom is -0.508 e. The SMILES string of the molecule is O=C(/C=C/c1ccc(O)cc1)c1ccc(NS(=O)(=O)c2ccc(O)cc2)cc1. The van der Waals surface area contributed by atoms with Gasteiger partial charge < -0.3 is 10.2 Å². The van der Waals surface area contributed by atoms with Crippen molar-refractivity contribution in [3.63, 3.8) is 0 Å². The van der Waals surface area contributed by atoms with E-state index < -0.39 is 10.0 Å². The van der Waals surface area contributed by atoms with Gasteiger partial charge in [0.2, 0.25) is 0 Å². The molecule has 0 amide bonds. The number of rotatable bonds is 6. The van der Waals surface area contributed by atoms with Crippen molar-refractivity contribution in [3.8, 4) is 11.5 Å². The summed E-state index contributed by atoms with van der Waals surface area (Å²) in [5.41, 5.74) is 1.49. The lowest BCUT2D eigenvalue weighted by Gasteiger charge is -2.08. The lowest BCUT2D eigenvalue weighted by Crippen LogP contribution is -2.12. The van der Waals surface area contributed by atoms with Gasteiger partial charge in [0.15, 0.2) is 5.78 Å². The lowest BCUT2D eigenvalue weighted by atomic mass is 10.1. The van der Waals surface area contributed by atoms with Crippen LogP contribution in [0.5, 0.6) is 11.5 Å². The fourth-order valence-electron chi connectivity index (χ4n) is 2.40. The average molecular weight is 395 g/mol. The van der Waals surface area contributed by atoms with E-state index in [9.17, 15) is 23.4 Å². The molecule has 0 spiro atoms. The van der Waals surface area contributed by atoms with Crippen molar-refractivity contribution in [1.29, 1.82) is 0 Å². The first-order valence-electron chi connectivity index (χ1n) is 8.27. The number of nitrogens with one attached hydrogen (secondary N) is 1. The third-order valence-electron chi connectivity index (χ3n) is 3.89. The normalized spacial score (nSPS) is 11.4. The molecule has 3 N–H and O–H groups in total. The molecule has 0 heterocycles. The topological polar surface area (TPSA) is 104 Å². The van der Waals surface area contributed by atoms with Crippen molar-refractivity contribution in [2.24, 2.45) is 0 Å². The van der Waals surface area contributed by atoms with E-state index in [1.807, 2.05) is 0 Å². The molecule has 0 atom stereocenters. The standard InChI is InChI=1S/C21H17NO5S/c23-18-8-1-15(2-9-18)3-14-21(25)16-4-6-17(7-5-16)22-28(26,27)20-12-10-19(24)11-13-20/h1-14,22-24H/b14-3+. The van der Waals surface area contributed by atoms with Gasteiger partial charge in [0.25, 0.3) is 10.0 Å². The maximum absolute atomic E-state index is 12.3. The molecule has 0 unspecified atom stereocenters. The highest BCUT2D eigenvalue weighted by Crippen LogP contribution is 2.19. The van der Waals surface area contributed by atoms with Crippen LogP contribution < -0.4 is 4.72 Å². The molecule has 6 nitrogen and oxygen atoms in total. The predicted molar refractivity (Wildman–Crippen MR) is 107 cm³/mol. The van der Waals surface area contributed by atoms with Crippen LogP contribution in [0.25, 0.3) is 6.08 Å². The molecule has 0 saturated heterocycles. The second-order valence-electron chi connectivity index (χ2n) is 5.97. The van der Waals surface area contributed by atoms with Crippen molar-refractivity contribution in [2.75, 3.05) is 4.72 Å². The number of sulfonamides is 1. The van der Waals surface area contributed by atoms with Gasteiger partial charge in [0, 0.05) is 11.3 Å². The summed E-state index contributed by atoms with van der Waals surface area (Å²) in [4.78, 5) is 12.3. The van der Waals surface area contributed by atoms with Crippen molar-refractivity contribution in [3.05, 3.63) is 90.0 Å². The third kappa shape index (κ3) is 4.77. The van der Waals surface area contributed by atoms with Crippen LogP contribution in [0.2, 0.25) is 0 Å². The fourth-order valence-corrected chi connectivity index (χ4v) is 3.45. The Hall–Kier alpha value is -3.58. The molecular weight excluding hydrogens is 378 g/mol. The van der Waals surface area contributed by atoms with Crippen LogP contribution in [0.1, 0.15) is 15.9 Å². The summed E-state index contributed by atoms with van der Waals surface area (Å²) in [6.45, 7) is 0. The van der Waals surface area contributed by atoms with E-state index in [4.69, 9.17) is 0 Å². The van der Waals surface area contributed by atoms with Gasteiger partial charge in [-0.05, 0) is 72.3 Å². The number of carbonyl (C=O) groups is 1. The molecule has 28 heavy (non-hydrogen) atoms. The molecule has 0 aromatic heterocycles. The fraction of sp³-hybridized carbons (Fsp3) is 0. The molecule has 0 aliphatic carbocycles. The minimum atomic E-state index is -3.79. The first-order valence-corrected chi connectivity index (χ1v) is 9.75. The Balaban J connectivity index is 1.69.